The molecule has 0 bridgehead atoms. The molecule has 19 heavy (non-hydrogen) atoms. The van der Waals surface area contributed by atoms with E-state index >= 15 is 0 Å². The quantitative estimate of drug-likeness (QED) is 0.633. The number of nitrogens with two attached hydrogens (primary N) is 1. The van der Waals surface area contributed by atoms with Crippen molar-refractivity contribution in [2.75, 3.05) is 7.11 Å². The molecule has 1 aromatic rings. The highest BCUT2D eigenvalue weighted by Crippen LogP contribution is 2.40. The average molecular weight is 262 g/mol. The smallest absolute Gasteiger partial charge is 0.0885 e. The standard InChI is InChI=1S/C16H26N2O/c1-3-13-8-7-9-14(12-13)15(18-17)16(19-2)10-5-4-6-11-16/h7-9,12,15,18H,3-6,10-11,17H2,1-2H3. The van der Waals surface area contributed by atoms with Gasteiger partial charge in [-0.15, -0.1) is 0 Å². The van der Waals surface area contributed by atoms with Crippen LogP contribution >= 0.6 is 0 Å². The van der Waals surface area contributed by atoms with Crippen LogP contribution in [0.3, 0.4) is 0 Å². The Balaban J connectivity index is 2.30. The summed E-state index contributed by atoms with van der Waals surface area (Å²) in [5.74, 6) is 5.86. The van der Waals surface area contributed by atoms with Crippen LogP contribution < -0.4 is 11.3 Å². The van der Waals surface area contributed by atoms with Gasteiger partial charge in [-0.05, 0) is 30.4 Å². The van der Waals surface area contributed by atoms with Crippen molar-refractivity contribution < 1.29 is 4.74 Å². The molecule has 1 unspecified atom stereocenters. The SMILES string of the molecule is CCc1cccc(C(NN)C2(OC)CCCCC2)c1. The summed E-state index contributed by atoms with van der Waals surface area (Å²) < 4.78 is 5.92. The largest absolute Gasteiger partial charge is 0.376 e. The number of nitrogens with one attached hydrogen (secondary N) is 1. The highest BCUT2D eigenvalue weighted by atomic mass is 16.5. The summed E-state index contributed by atoms with van der Waals surface area (Å²) in [4.78, 5) is 0. The Kier molecular flexibility index (Phi) is 4.97. The third-order valence-electron chi connectivity index (χ3n) is 4.49. The minimum atomic E-state index is -0.153. The van der Waals surface area contributed by atoms with Crippen LogP contribution in [0.15, 0.2) is 24.3 Å². The maximum Gasteiger partial charge on any atom is 0.0885 e. The molecular formula is C16H26N2O. The number of methoxy groups -OCH3 is 1. The van der Waals surface area contributed by atoms with Gasteiger partial charge in [-0.3, -0.25) is 11.3 Å². The van der Waals surface area contributed by atoms with Gasteiger partial charge >= 0.3 is 0 Å². The number of hydrazine groups is 1. The molecule has 3 heteroatoms. The Morgan fingerprint density at radius 1 is 1.32 bits per heavy atom. The molecule has 0 amide bonds. The number of benzene rings is 1. The molecule has 1 aliphatic rings. The van der Waals surface area contributed by atoms with E-state index in [9.17, 15) is 0 Å². The summed E-state index contributed by atoms with van der Waals surface area (Å²) in [6.45, 7) is 2.18. The second-order valence-corrected chi connectivity index (χ2v) is 5.53. The Hall–Kier alpha value is -0.900. The van der Waals surface area contributed by atoms with Crippen LogP contribution in [0, 0.1) is 0 Å². The lowest BCUT2D eigenvalue weighted by Crippen LogP contribution is -2.49. The lowest BCUT2D eigenvalue weighted by Gasteiger charge is -2.42. The molecule has 1 atom stereocenters. The van der Waals surface area contributed by atoms with E-state index in [1.54, 1.807) is 0 Å². The Morgan fingerprint density at radius 2 is 2.05 bits per heavy atom. The van der Waals surface area contributed by atoms with Crippen LogP contribution in [0.1, 0.15) is 56.2 Å². The molecule has 3 nitrogen and oxygen atoms in total. The highest BCUT2D eigenvalue weighted by molar-refractivity contribution is 5.28. The van der Waals surface area contributed by atoms with E-state index in [-0.39, 0.29) is 11.6 Å². The van der Waals surface area contributed by atoms with Gasteiger partial charge in [-0.25, -0.2) is 0 Å². The first-order valence-electron chi connectivity index (χ1n) is 7.36. The summed E-state index contributed by atoms with van der Waals surface area (Å²) >= 11 is 0. The monoisotopic (exact) mass is 262 g/mol. The second kappa shape index (κ2) is 6.51. The zero-order chi connectivity index (χ0) is 13.7. The van der Waals surface area contributed by atoms with Crippen molar-refractivity contribution in [3.8, 4) is 0 Å². The molecule has 106 valence electrons. The first-order chi connectivity index (χ1) is 9.25. The number of hydrogen-bond acceptors (Lipinski definition) is 3. The predicted molar refractivity (Wildman–Crippen MR) is 78.7 cm³/mol. The topological polar surface area (TPSA) is 47.3 Å². The van der Waals surface area contributed by atoms with Gasteiger partial charge in [0.2, 0.25) is 0 Å². The molecule has 1 saturated carbocycles. The van der Waals surface area contributed by atoms with Crippen LogP contribution in [0.2, 0.25) is 0 Å². The van der Waals surface area contributed by atoms with Gasteiger partial charge in [0.1, 0.15) is 0 Å². The summed E-state index contributed by atoms with van der Waals surface area (Å²) in [5.41, 5.74) is 5.44. The average Bonchev–Trinajstić information content (AvgIpc) is 2.49. The lowest BCUT2D eigenvalue weighted by atomic mass is 9.76. The number of aryl methyl sites for hydroxylation is 1. The molecular weight excluding hydrogens is 236 g/mol. The van der Waals surface area contributed by atoms with Gasteiger partial charge in [0, 0.05) is 7.11 Å². The van der Waals surface area contributed by atoms with Gasteiger partial charge in [-0.1, -0.05) is 50.5 Å². The van der Waals surface area contributed by atoms with Crippen molar-refractivity contribution in [1.82, 2.24) is 5.43 Å². The van der Waals surface area contributed by atoms with Crippen molar-refractivity contribution in [3.63, 3.8) is 0 Å². The van der Waals surface area contributed by atoms with Crippen molar-refractivity contribution in [2.24, 2.45) is 5.84 Å². The van der Waals surface area contributed by atoms with Crippen LogP contribution in [0.4, 0.5) is 0 Å². The van der Waals surface area contributed by atoms with E-state index < -0.39 is 0 Å². The third kappa shape index (κ3) is 2.99. The maximum absolute atomic E-state index is 5.92. The Bertz CT molecular complexity index is 399. The molecule has 1 aromatic carbocycles. The Morgan fingerprint density at radius 3 is 2.63 bits per heavy atom. The summed E-state index contributed by atoms with van der Waals surface area (Å²) in [6, 6.07) is 8.76. The first-order valence-corrected chi connectivity index (χ1v) is 7.36. The second-order valence-electron chi connectivity index (χ2n) is 5.53. The number of ether oxygens (including phenoxy) is 1. The van der Waals surface area contributed by atoms with Gasteiger partial charge in [0.15, 0.2) is 0 Å². The molecule has 1 fully saturated rings. The van der Waals surface area contributed by atoms with Crippen LogP contribution in [0.25, 0.3) is 0 Å². The minimum Gasteiger partial charge on any atom is -0.376 e. The highest BCUT2D eigenvalue weighted by Gasteiger charge is 2.40. The third-order valence-corrected chi connectivity index (χ3v) is 4.49. The normalized spacial score (nSPS) is 20.2. The summed E-state index contributed by atoms with van der Waals surface area (Å²) in [7, 11) is 1.82. The van der Waals surface area contributed by atoms with Crippen molar-refractivity contribution in [3.05, 3.63) is 35.4 Å². The molecule has 2 rings (SSSR count). The van der Waals surface area contributed by atoms with Crippen molar-refractivity contribution in [1.29, 1.82) is 0 Å². The molecule has 0 spiro atoms. The van der Waals surface area contributed by atoms with Crippen LogP contribution in [-0.4, -0.2) is 12.7 Å². The molecule has 0 aliphatic heterocycles. The number of rotatable bonds is 5. The molecule has 0 radical (unpaired) electrons. The fourth-order valence-electron chi connectivity index (χ4n) is 3.31. The van der Waals surface area contributed by atoms with Gasteiger partial charge in [0.25, 0.3) is 0 Å². The molecule has 0 aromatic heterocycles. The van der Waals surface area contributed by atoms with E-state index in [1.807, 2.05) is 7.11 Å². The summed E-state index contributed by atoms with van der Waals surface area (Å²) in [5, 5.41) is 0. The van der Waals surface area contributed by atoms with Crippen LogP contribution in [0.5, 0.6) is 0 Å². The van der Waals surface area contributed by atoms with Crippen molar-refractivity contribution >= 4 is 0 Å². The molecule has 1 aliphatic carbocycles. The van der Waals surface area contributed by atoms with E-state index in [1.165, 1.54) is 30.4 Å². The van der Waals surface area contributed by atoms with Gasteiger partial charge in [-0.2, -0.15) is 0 Å². The molecule has 0 saturated heterocycles. The molecule has 0 heterocycles. The van der Waals surface area contributed by atoms with E-state index in [4.69, 9.17) is 10.6 Å². The molecule has 3 N–H and O–H groups in total. The van der Waals surface area contributed by atoms with Gasteiger partial charge < -0.3 is 4.74 Å². The fraction of sp³-hybridized carbons (Fsp3) is 0.625. The lowest BCUT2D eigenvalue weighted by molar-refractivity contribution is -0.0688. The zero-order valence-electron chi connectivity index (χ0n) is 12.1. The van der Waals surface area contributed by atoms with E-state index in [2.05, 4.69) is 36.6 Å². The van der Waals surface area contributed by atoms with Crippen LogP contribution in [-0.2, 0) is 11.2 Å². The van der Waals surface area contributed by atoms with E-state index in [0.29, 0.717) is 0 Å². The predicted octanol–water partition coefficient (Wildman–Crippen LogP) is 3.10. The first kappa shape index (κ1) is 14.5. The zero-order valence-corrected chi connectivity index (χ0v) is 12.1. The minimum absolute atomic E-state index is 0.0734. The van der Waals surface area contributed by atoms with E-state index in [0.717, 1.165) is 19.3 Å². The number of hydrogen-bond donors (Lipinski definition) is 2. The summed E-state index contributed by atoms with van der Waals surface area (Å²) in [6.07, 6.45) is 6.95. The maximum atomic E-state index is 5.92. The van der Waals surface area contributed by atoms with Gasteiger partial charge in [0.05, 0.1) is 11.6 Å². The fourth-order valence-corrected chi connectivity index (χ4v) is 3.31. The Labute approximate surface area is 116 Å². The van der Waals surface area contributed by atoms with Crippen molar-refractivity contribution in [2.45, 2.75) is 57.1 Å².